The van der Waals surface area contributed by atoms with Crippen LogP contribution in [0.1, 0.15) is 11.4 Å². The van der Waals surface area contributed by atoms with Gasteiger partial charge in [-0.1, -0.05) is 11.6 Å². The number of halogens is 2. The van der Waals surface area contributed by atoms with Gasteiger partial charge < -0.3 is 4.57 Å². The Morgan fingerprint density at radius 3 is 2.35 bits per heavy atom. The molecule has 0 radical (unpaired) electrons. The summed E-state index contributed by atoms with van der Waals surface area (Å²) in [6.45, 7) is 4.05. The van der Waals surface area contributed by atoms with Crippen LogP contribution in [0.2, 0.25) is 5.02 Å². The molecule has 0 aliphatic heterocycles. The van der Waals surface area contributed by atoms with Crippen LogP contribution in [0.25, 0.3) is 11.4 Å². The van der Waals surface area contributed by atoms with E-state index >= 15 is 0 Å². The average molecular weight is 290 g/mol. The van der Waals surface area contributed by atoms with Crippen LogP contribution in [-0.4, -0.2) is 14.3 Å². The van der Waals surface area contributed by atoms with Gasteiger partial charge in [-0.25, -0.2) is 4.68 Å². The van der Waals surface area contributed by atoms with Crippen molar-refractivity contribution in [1.82, 2.24) is 14.3 Å². The Morgan fingerprint density at radius 2 is 1.75 bits per heavy atom. The second-order valence-corrected chi connectivity index (χ2v) is 5.06. The van der Waals surface area contributed by atoms with Crippen molar-refractivity contribution in [2.75, 3.05) is 0 Å². The van der Waals surface area contributed by atoms with Crippen molar-refractivity contribution < 1.29 is 4.39 Å². The maximum absolute atomic E-state index is 13.7. The molecule has 0 N–H and O–H groups in total. The van der Waals surface area contributed by atoms with E-state index in [4.69, 9.17) is 11.6 Å². The number of rotatable bonds is 2. The van der Waals surface area contributed by atoms with E-state index in [2.05, 4.69) is 9.67 Å². The lowest BCUT2D eigenvalue weighted by atomic mass is 10.2. The van der Waals surface area contributed by atoms with Gasteiger partial charge in [0.05, 0.1) is 16.9 Å². The molecule has 2 heterocycles. The molecule has 0 unspecified atom stereocenters. The first-order valence-electron chi connectivity index (χ1n) is 6.22. The minimum atomic E-state index is -0.440. The third-order valence-electron chi connectivity index (χ3n) is 3.28. The minimum absolute atomic E-state index is 0.440. The molecule has 0 saturated carbocycles. The third-order valence-corrected chi connectivity index (χ3v) is 3.60. The van der Waals surface area contributed by atoms with E-state index in [0.29, 0.717) is 10.7 Å². The molecule has 0 aliphatic carbocycles. The van der Waals surface area contributed by atoms with E-state index in [1.165, 1.54) is 16.9 Å². The fourth-order valence-corrected chi connectivity index (χ4v) is 2.54. The van der Waals surface area contributed by atoms with Gasteiger partial charge in [0, 0.05) is 23.1 Å². The van der Waals surface area contributed by atoms with Crippen LogP contribution < -0.4 is 0 Å². The summed E-state index contributed by atoms with van der Waals surface area (Å²) in [5, 5.41) is 4.42. The monoisotopic (exact) mass is 289 g/mol. The van der Waals surface area contributed by atoms with Crippen LogP contribution in [0.3, 0.4) is 0 Å². The van der Waals surface area contributed by atoms with Crippen molar-refractivity contribution in [2.45, 2.75) is 13.8 Å². The molecule has 0 amide bonds. The zero-order chi connectivity index (χ0) is 14.3. The molecule has 20 heavy (non-hydrogen) atoms. The first kappa shape index (κ1) is 12.9. The first-order chi connectivity index (χ1) is 9.58. The summed E-state index contributed by atoms with van der Waals surface area (Å²) in [6.07, 6.45) is 1.41. The normalized spacial score (nSPS) is 11.0. The quantitative estimate of drug-likeness (QED) is 0.697. The van der Waals surface area contributed by atoms with Crippen molar-refractivity contribution >= 4 is 11.6 Å². The topological polar surface area (TPSA) is 22.8 Å². The fraction of sp³-hybridized carbons (Fsp3) is 0.133. The van der Waals surface area contributed by atoms with Gasteiger partial charge in [0.2, 0.25) is 5.95 Å². The van der Waals surface area contributed by atoms with Gasteiger partial charge in [-0.15, -0.1) is 0 Å². The molecule has 0 fully saturated rings. The highest BCUT2D eigenvalue weighted by molar-refractivity contribution is 6.32. The van der Waals surface area contributed by atoms with Crippen LogP contribution in [0.15, 0.2) is 42.6 Å². The maximum Gasteiger partial charge on any atom is 0.216 e. The zero-order valence-corrected chi connectivity index (χ0v) is 11.9. The Morgan fingerprint density at radius 1 is 1.05 bits per heavy atom. The summed E-state index contributed by atoms with van der Waals surface area (Å²) >= 11 is 6.16. The highest BCUT2D eigenvalue weighted by atomic mass is 35.5. The SMILES string of the molecule is Cc1ccc(C)n1-c1ccc(Cl)c(-n2nccc2F)c1. The molecule has 0 bridgehead atoms. The van der Waals surface area contributed by atoms with E-state index in [0.717, 1.165) is 17.1 Å². The lowest BCUT2D eigenvalue weighted by molar-refractivity contribution is 0.537. The van der Waals surface area contributed by atoms with Crippen LogP contribution in [0.4, 0.5) is 4.39 Å². The molecule has 5 heteroatoms. The van der Waals surface area contributed by atoms with E-state index < -0.39 is 5.95 Å². The van der Waals surface area contributed by atoms with Crippen molar-refractivity contribution in [3.05, 3.63) is 65.0 Å². The Kier molecular flexibility index (Phi) is 3.10. The van der Waals surface area contributed by atoms with E-state index in [-0.39, 0.29) is 0 Å². The molecular weight excluding hydrogens is 277 g/mol. The predicted octanol–water partition coefficient (Wildman–Crippen LogP) is 4.07. The molecule has 1 aromatic carbocycles. The lowest BCUT2D eigenvalue weighted by Crippen LogP contribution is -2.04. The summed E-state index contributed by atoms with van der Waals surface area (Å²) in [5.74, 6) is -0.440. The largest absolute Gasteiger partial charge is 0.318 e. The predicted molar refractivity (Wildman–Crippen MR) is 77.3 cm³/mol. The van der Waals surface area contributed by atoms with Gasteiger partial charge in [-0.05, 0) is 44.2 Å². The van der Waals surface area contributed by atoms with Crippen molar-refractivity contribution in [3.8, 4) is 11.4 Å². The van der Waals surface area contributed by atoms with Gasteiger partial charge in [-0.2, -0.15) is 9.49 Å². The molecule has 3 nitrogen and oxygen atoms in total. The second kappa shape index (κ2) is 4.80. The standard InChI is InChI=1S/C15H13ClFN3/c1-10-3-4-11(2)19(10)12-5-6-13(16)14(9-12)20-15(17)7-8-18-20/h3-9H,1-2H3. The molecule has 3 rings (SSSR count). The number of benzene rings is 1. The summed E-state index contributed by atoms with van der Waals surface area (Å²) in [5.41, 5.74) is 3.67. The summed E-state index contributed by atoms with van der Waals surface area (Å²) < 4.78 is 17.0. The molecular formula is C15H13ClFN3. The van der Waals surface area contributed by atoms with E-state index in [9.17, 15) is 4.39 Å². The van der Waals surface area contributed by atoms with Crippen LogP contribution in [-0.2, 0) is 0 Å². The number of aryl methyl sites for hydroxylation is 2. The summed E-state index contributed by atoms with van der Waals surface area (Å²) in [4.78, 5) is 0. The fourth-order valence-electron chi connectivity index (χ4n) is 2.34. The number of hydrogen-bond acceptors (Lipinski definition) is 1. The van der Waals surface area contributed by atoms with Gasteiger partial charge in [-0.3, -0.25) is 0 Å². The van der Waals surface area contributed by atoms with E-state index in [1.54, 1.807) is 6.07 Å². The second-order valence-electron chi connectivity index (χ2n) is 4.65. The number of aromatic nitrogens is 3. The van der Waals surface area contributed by atoms with Gasteiger partial charge in [0.15, 0.2) is 0 Å². The molecule has 102 valence electrons. The molecule has 0 spiro atoms. The first-order valence-corrected chi connectivity index (χ1v) is 6.60. The number of nitrogens with zero attached hydrogens (tertiary/aromatic N) is 3. The smallest absolute Gasteiger partial charge is 0.216 e. The summed E-state index contributed by atoms with van der Waals surface area (Å²) in [7, 11) is 0. The van der Waals surface area contributed by atoms with Crippen molar-refractivity contribution in [2.24, 2.45) is 0 Å². The highest BCUT2D eigenvalue weighted by Gasteiger charge is 2.11. The Hall–Kier alpha value is -2.07. The molecule has 0 saturated heterocycles. The van der Waals surface area contributed by atoms with Gasteiger partial charge in [0.1, 0.15) is 0 Å². The number of hydrogen-bond donors (Lipinski definition) is 0. The zero-order valence-electron chi connectivity index (χ0n) is 11.1. The Labute approximate surface area is 121 Å². The lowest BCUT2D eigenvalue weighted by Gasteiger charge is -2.12. The van der Waals surface area contributed by atoms with E-state index in [1.807, 2.05) is 38.1 Å². The molecule has 0 atom stereocenters. The van der Waals surface area contributed by atoms with Crippen LogP contribution in [0, 0.1) is 19.8 Å². The van der Waals surface area contributed by atoms with Crippen molar-refractivity contribution in [1.29, 1.82) is 0 Å². The maximum atomic E-state index is 13.7. The third kappa shape index (κ3) is 2.02. The minimum Gasteiger partial charge on any atom is -0.318 e. The van der Waals surface area contributed by atoms with Crippen LogP contribution >= 0.6 is 11.6 Å². The Bertz CT molecular complexity index is 754. The highest BCUT2D eigenvalue weighted by Crippen LogP contribution is 2.26. The molecule has 2 aromatic heterocycles. The Balaban J connectivity index is 2.20. The van der Waals surface area contributed by atoms with Gasteiger partial charge >= 0.3 is 0 Å². The van der Waals surface area contributed by atoms with Crippen LogP contribution in [0.5, 0.6) is 0 Å². The van der Waals surface area contributed by atoms with Gasteiger partial charge in [0.25, 0.3) is 0 Å². The molecule has 3 aromatic rings. The average Bonchev–Trinajstić information content (AvgIpc) is 2.98. The summed E-state index contributed by atoms with van der Waals surface area (Å²) in [6, 6.07) is 10.9. The van der Waals surface area contributed by atoms with Crippen molar-refractivity contribution in [3.63, 3.8) is 0 Å². The molecule has 0 aliphatic rings.